The van der Waals surface area contributed by atoms with Crippen LogP contribution in [0.15, 0.2) is 24.4 Å². The Morgan fingerprint density at radius 1 is 1.38 bits per heavy atom. The zero-order valence-electron chi connectivity index (χ0n) is 7.93. The lowest BCUT2D eigenvalue weighted by atomic mass is 10.0. The van der Waals surface area contributed by atoms with Gasteiger partial charge in [-0.2, -0.15) is 0 Å². The number of aromatic amines is 1. The fourth-order valence-electron chi connectivity index (χ4n) is 1.65. The van der Waals surface area contributed by atoms with E-state index in [1.54, 1.807) is 0 Å². The van der Waals surface area contributed by atoms with Gasteiger partial charge in [-0.15, -0.1) is 0 Å². The summed E-state index contributed by atoms with van der Waals surface area (Å²) in [5, 5.41) is 1.26. The molecule has 2 rings (SSSR count). The second-order valence-corrected chi connectivity index (χ2v) is 3.38. The summed E-state index contributed by atoms with van der Waals surface area (Å²) in [5.41, 5.74) is 2.62. The Balaban J connectivity index is 2.37. The summed E-state index contributed by atoms with van der Waals surface area (Å²) in [7, 11) is 0. The molecule has 0 bridgehead atoms. The Kier molecular flexibility index (Phi) is 2.35. The molecule has 0 aliphatic heterocycles. The van der Waals surface area contributed by atoms with Gasteiger partial charge in [-0.1, -0.05) is 25.5 Å². The van der Waals surface area contributed by atoms with E-state index in [-0.39, 0.29) is 0 Å². The highest BCUT2D eigenvalue weighted by Gasteiger charge is 2.00. The summed E-state index contributed by atoms with van der Waals surface area (Å²) < 4.78 is 0. The van der Waals surface area contributed by atoms with Gasteiger partial charge in [0.1, 0.15) is 0 Å². The molecule has 67 valence electrons. The van der Waals surface area contributed by atoms with Crippen LogP contribution in [0.25, 0.3) is 10.9 Å². The van der Waals surface area contributed by atoms with E-state index in [1.807, 2.05) is 6.20 Å². The van der Waals surface area contributed by atoms with Gasteiger partial charge in [0.05, 0.1) is 0 Å². The minimum atomic E-state index is 1.17. The van der Waals surface area contributed by atoms with Crippen LogP contribution < -0.4 is 0 Å². The molecular formula is C12H14N. The molecule has 0 aliphatic rings. The van der Waals surface area contributed by atoms with Gasteiger partial charge in [-0.3, -0.25) is 0 Å². The van der Waals surface area contributed by atoms with E-state index in [0.717, 1.165) is 0 Å². The third kappa shape index (κ3) is 1.59. The summed E-state index contributed by atoms with van der Waals surface area (Å²) in [5.74, 6) is 0. The molecule has 0 unspecified atom stereocenters. The van der Waals surface area contributed by atoms with Crippen LogP contribution in [0.3, 0.4) is 0 Å². The van der Waals surface area contributed by atoms with Gasteiger partial charge in [0.15, 0.2) is 0 Å². The third-order valence-corrected chi connectivity index (χ3v) is 2.39. The van der Waals surface area contributed by atoms with Gasteiger partial charge in [0, 0.05) is 23.2 Å². The van der Waals surface area contributed by atoms with Crippen LogP contribution in [0.2, 0.25) is 0 Å². The van der Waals surface area contributed by atoms with Gasteiger partial charge < -0.3 is 4.98 Å². The first-order valence-corrected chi connectivity index (χ1v) is 4.88. The summed E-state index contributed by atoms with van der Waals surface area (Å²) in [4.78, 5) is 3.18. The summed E-state index contributed by atoms with van der Waals surface area (Å²) in [6.45, 7) is 2.22. The Morgan fingerprint density at radius 2 is 2.31 bits per heavy atom. The largest absolute Gasteiger partial charge is 0.361 e. The van der Waals surface area contributed by atoms with Crippen molar-refractivity contribution in [1.29, 1.82) is 0 Å². The van der Waals surface area contributed by atoms with Crippen LogP contribution in [0.5, 0.6) is 0 Å². The maximum atomic E-state index is 3.24. The Morgan fingerprint density at radius 3 is 3.15 bits per heavy atom. The topological polar surface area (TPSA) is 15.8 Å². The molecule has 1 radical (unpaired) electrons. The number of hydrogen-bond acceptors (Lipinski definition) is 0. The Labute approximate surface area is 78.8 Å². The molecular weight excluding hydrogens is 158 g/mol. The van der Waals surface area contributed by atoms with E-state index in [9.17, 15) is 0 Å². The number of H-pyrrole nitrogens is 1. The Hall–Kier alpha value is -1.24. The average Bonchev–Trinajstić information content (AvgIpc) is 2.62. The van der Waals surface area contributed by atoms with Crippen molar-refractivity contribution in [2.24, 2.45) is 0 Å². The molecule has 0 fully saturated rings. The van der Waals surface area contributed by atoms with Crippen molar-refractivity contribution in [1.82, 2.24) is 4.98 Å². The van der Waals surface area contributed by atoms with E-state index in [0.29, 0.717) is 0 Å². The lowest BCUT2D eigenvalue weighted by Crippen LogP contribution is -1.84. The molecule has 1 heteroatoms. The van der Waals surface area contributed by atoms with E-state index in [1.165, 1.54) is 35.7 Å². The van der Waals surface area contributed by atoms with Gasteiger partial charge in [-0.05, 0) is 24.5 Å². The molecule has 13 heavy (non-hydrogen) atoms. The van der Waals surface area contributed by atoms with Crippen molar-refractivity contribution in [3.05, 3.63) is 36.0 Å². The zero-order chi connectivity index (χ0) is 9.10. The van der Waals surface area contributed by atoms with Crippen molar-refractivity contribution in [3.8, 4) is 0 Å². The van der Waals surface area contributed by atoms with Gasteiger partial charge in [-0.25, -0.2) is 0 Å². The van der Waals surface area contributed by atoms with Gasteiger partial charge in [0.2, 0.25) is 0 Å². The summed E-state index contributed by atoms with van der Waals surface area (Å²) in [6.07, 6.45) is 5.57. The molecule has 1 heterocycles. The number of rotatable bonds is 3. The third-order valence-electron chi connectivity index (χ3n) is 2.39. The number of unbranched alkanes of at least 4 members (excludes halogenated alkanes) is 1. The van der Waals surface area contributed by atoms with Crippen LogP contribution >= 0.6 is 0 Å². The van der Waals surface area contributed by atoms with Crippen LogP contribution in [0, 0.1) is 6.07 Å². The molecule has 1 N–H and O–H groups in total. The van der Waals surface area contributed by atoms with E-state index in [4.69, 9.17) is 0 Å². The first-order chi connectivity index (χ1) is 6.42. The highest BCUT2D eigenvalue weighted by molar-refractivity contribution is 5.82. The van der Waals surface area contributed by atoms with Crippen molar-refractivity contribution in [2.75, 3.05) is 0 Å². The first-order valence-electron chi connectivity index (χ1n) is 4.88. The molecule has 0 atom stereocenters. The van der Waals surface area contributed by atoms with Crippen molar-refractivity contribution in [3.63, 3.8) is 0 Å². The molecule has 1 aromatic carbocycles. The SMILES string of the molecule is CCCCc1cccc2[nH]c[c]c12. The fraction of sp³-hybridized carbons (Fsp3) is 0.333. The summed E-state index contributed by atoms with van der Waals surface area (Å²) >= 11 is 0. The zero-order valence-corrected chi connectivity index (χ0v) is 7.93. The smallest absolute Gasteiger partial charge is 0.0463 e. The standard InChI is InChI=1S/C12H14N/c1-2-3-5-10-6-4-7-12-11(10)8-9-13-12/h4,6-7,9,13H,2-3,5H2,1H3. The number of benzene rings is 1. The fourth-order valence-corrected chi connectivity index (χ4v) is 1.65. The predicted octanol–water partition coefficient (Wildman–Crippen LogP) is 3.31. The number of aryl methyl sites for hydroxylation is 1. The maximum Gasteiger partial charge on any atom is 0.0463 e. The van der Waals surface area contributed by atoms with Crippen molar-refractivity contribution in [2.45, 2.75) is 26.2 Å². The minimum Gasteiger partial charge on any atom is -0.361 e. The van der Waals surface area contributed by atoms with Crippen LogP contribution in [-0.2, 0) is 6.42 Å². The van der Waals surface area contributed by atoms with Gasteiger partial charge >= 0.3 is 0 Å². The molecule has 2 aromatic rings. The molecule has 1 nitrogen and oxygen atoms in total. The van der Waals surface area contributed by atoms with E-state index < -0.39 is 0 Å². The first kappa shape index (κ1) is 8.36. The van der Waals surface area contributed by atoms with Crippen molar-refractivity contribution >= 4 is 10.9 Å². The second kappa shape index (κ2) is 3.65. The minimum absolute atomic E-state index is 1.17. The van der Waals surface area contributed by atoms with Crippen LogP contribution in [-0.4, -0.2) is 4.98 Å². The Bertz CT molecular complexity index is 387. The molecule has 0 amide bonds. The summed E-state index contributed by atoms with van der Waals surface area (Å²) in [6, 6.07) is 9.65. The normalized spacial score (nSPS) is 10.8. The van der Waals surface area contributed by atoms with E-state index >= 15 is 0 Å². The number of fused-ring (bicyclic) bond motifs is 1. The number of hydrogen-bond donors (Lipinski definition) is 1. The van der Waals surface area contributed by atoms with E-state index in [2.05, 4.69) is 36.2 Å². The van der Waals surface area contributed by atoms with Gasteiger partial charge in [0.25, 0.3) is 0 Å². The quantitative estimate of drug-likeness (QED) is 0.731. The molecule has 0 saturated heterocycles. The predicted molar refractivity (Wildman–Crippen MR) is 55.7 cm³/mol. The van der Waals surface area contributed by atoms with Crippen LogP contribution in [0.1, 0.15) is 25.3 Å². The monoisotopic (exact) mass is 172 g/mol. The number of aromatic nitrogens is 1. The lowest BCUT2D eigenvalue weighted by molar-refractivity contribution is 0.799. The molecule has 0 saturated carbocycles. The molecule has 1 aromatic heterocycles. The molecule has 0 aliphatic carbocycles. The van der Waals surface area contributed by atoms with Crippen LogP contribution in [0.4, 0.5) is 0 Å². The van der Waals surface area contributed by atoms with Crippen molar-refractivity contribution < 1.29 is 0 Å². The molecule has 0 spiro atoms. The number of nitrogens with one attached hydrogen (secondary N) is 1. The lowest BCUT2D eigenvalue weighted by Gasteiger charge is -2.00. The maximum absolute atomic E-state index is 3.24. The average molecular weight is 172 g/mol. The highest BCUT2D eigenvalue weighted by Crippen LogP contribution is 2.18. The second-order valence-electron chi connectivity index (χ2n) is 3.38. The highest BCUT2D eigenvalue weighted by atomic mass is 14.7.